The van der Waals surface area contributed by atoms with Crippen LogP contribution in [0.1, 0.15) is 42.3 Å². The standard InChI is InChI=1S/C32H28N2O5/c1-31(2,3)29(36)27-26(28(35)19-12-14-23-24(16-19)39-17-38-23)32(20-9-5-6-10-21(20)33-30(32)37)25-15-13-18-8-4-7-11-22(18)34(25)27/h4-16,25-27H,17H2,1-3H3,(H,33,37). The Kier molecular flexibility index (Phi) is 4.90. The number of Topliss-reactive ketones (excluding diaryl/α,β-unsaturated/α-hetero) is 2. The summed E-state index contributed by atoms with van der Waals surface area (Å²) in [6, 6.07) is 19.0. The number of hydrogen-bond acceptors (Lipinski definition) is 6. The number of nitrogens with one attached hydrogen (secondary N) is 1. The van der Waals surface area contributed by atoms with Crippen molar-refractivity contribution in [1.29, 1.82) is 0 Å². The van der Waals surface area contributed by atoms with Gasteiger partial charge in [0.2, 0.25) is 12.7 Å². The molecule has 3 aromatic rings. The predicted octanol–water partition coefficient (Wildman–Crippen LogP) is 5.00. The largest absolute Gasteiger partial charge is 0.454 e. The molecule has 1 N–H and O–H groups in total. The van der Waals surface area contributed by atoms with Crippen LogP contribution in [0.3, 0.4) is 0 Å². The van der Waals surface area contributed by atoms with Crippen molar-refractivity contribution in [3.05, 3.63) is 89.5 Å². The van der Waals surface area contributed by atoms with E-state index >= 15 is 0 Å². The number of para-hydroxylation sites is 2. The monoisotopic (exact) mass is 520 g/mol. The zero-order chi connectivity index (χ0) is 27.1. The lowest BCUT2D eigenvalue weighted by molar-refractivity contribution is -0.128. The molecule has 4 heterocycles. The molecule has 7 nitrogen and oxygen atoms in total. The zero-order valence-corrected chi connectivity index (χ0v) is 21.9. The third-order valence-electron chi connectivity index (χ3n) is 8.49. The molecule has 0 aromatic heterocycles. The van der Waals surface area contributed by atoms with Gasteiger partial charge in [-0.15, -0.1) is 0 Å². The average Bonchev–Trinajstić information content (AvgIpc) is 3.60. The molecule has 4 aliphatic heterocycles. The SMILES string of the molecule is CC(C)(C)C(=O)C1C(C(=O)c2ccc3c(c2)OCO3)C2(C(=O)Nc3ccccc32)C2C=Cc3ccccc3N12. The Morgan fingerprint density at radius 2 is 1.72 bits per heavy atom. The van der Waals surface area contributed by atoms with Crippen molar-refractivity contribution >= 4 is 34.9 Å². The number of nitrogens with zero attached hydrogens (tertiary/aromatic N) is 1. The molecule has 0 radical (unpaired) electrons. The molecular formula is C32H28N2O5. The second kappa shape index (κ2) is 8.06. The smallest absolute Gasteiger partial charge is 0.238 e. The second-order valence-corrected chi connectivity index (χ2v) is 11.6. The van der Waals surface area contributed by atoms with Gasteiger partial charge in [-0.1, -0.05) is 69.3 Å². The van der Waals surface area contributed by atoms with Gasteiger partial charge in [-0.3, -0.25) is 14.4 Å². The van der Waals surface area contributed by atoms with Gasteiger partial charge >= 0.3 is 0 Å². The molecule has 1 fully saturated rings. The first-order valence-corrected chi connectivity index (χ1v) is 13.2. The Bertz CT molecular complexity index is 1600. The normalized spacial score (nSPS) is 25.8. The van der Waals surface area contributed by atoms with Crippen LogP contribution in [0.2, 0.25) is 0 Å². The Hall–Kier alpha value is -4.39. The number of hydrogen-bond donors (Lipinski definition) is 1. The fraction of sp³-hybridized carbons (Fsp3) is 0.281. The van der Waals surface area contributed by atoms with Gasteiger partial charge in [0.1, 0.15) is 11.5 Å². The molecule has 4 aliphatic rings. The summed E-state index contributed by atoms with van der Waals surface area (Å²) in [7, 11) is 0. The molecule has 4 unspecified atom stereocenters. The number of carbonyl (C=O) groups excluding carboxylic acids is 3. The van der Waals surface area contributed by atoms with Gasteiger partial charge in [0, 0.05) is 22.4 Å². The molecule has 7 rings (SSSR count). The van der Waals surface area contributed by atoms with Gasteiger partial charge in [-0.25, -0.2) is 0 Å². The fourth-order valence-corrected chi connectivity index (χ4v) is 6.79. The van der Waals surface area contributed by atoms with Gasteiger partial charge < -0.3 is 19.7 Å². The molecule has 196 valence electrons. The molecule has 3 aromatic carbocycles. The lowest BCUT2D eigenvalue weighted by Crippen LogP contribution is -2.51. The number of fused-ring (bicyclic) bond motifs is 7. The van der Waals surface area contributed by atoms with Crippen LogP contribution in [0, 0.1) is 11.3 Å². The molecule has 1 saturated heterocycles. The number of amides is 1. The molecule has 1 spiro atoms. The molecule has 7 heteroatoms. The molecule has 0 aliphatic carbocycles. The van der Waals surface area contributed by atoms with Crippen LogP contribution >= 0.6 is 0 Å². The lowest BCUT2D eigenvalue weighted by Gasteiger charge is -2.38. The topological polar surface area (TPSA) is 84.9 Å². The molecule has 4 atom stereocenters. The van der Waals surface area contributed by atoms with Gasteiger partial charge in [0.15, 0.2) is 23.1 Å². The van der Waals surface area contributed by atoms with E-state index in [9.17, 15) is 14.4 Å². The van der Waals surface area contributed by atoms with Gasteiger partial charge in [0.05, 0.1) is 12.0 Å². The van der Waals surface area contributed by atoms with Crippen molar-refractivity contribution in [3.63, 3.8) is 0 Å². The summed E-state index contributed by atoms with van der Waals surface area (Å²) in [4.78, 5) is 45.5. The number of carbonyl (C=O) groups is 3. The van der Waals surface area contributed by atoms with Gasteiger partial charge in [0.25, 0.3) is 0 Å². The van der Waals surface area contributed by atoms with Crippen LogP contribution in [0.15, 0.2) is 72.8 Å². The van der Waals surface area contributed by atoms with Crippen LogP contribution in [0.25, 0.3) is 6.08 Å². The lowest BCUT2D eigenvalue weighted by atomic mass is 9.63. The quantitative estimate of drug-likeness (QED) is 0.489. The van der Waals surface area contributed by atoms with E-state index in [1.807, 2.05) is 86.4 Å². The van der Waals surface area contributed by atoms with Crippen LogP contribution in [-0.4, -0.2) is 36.4 Å². The Morgan fingerprint density at radius 1 is 0.974 bits per heavy atom. The first-order chi connectivity index (χ1) is 18.7. The van der Waals surface area contributed by atoms with Crippen molar-refractivity contribution in [2.45, 2.75) is 38.3 Å². The van der Waals surface area contributed by atoms with Gasteiger partial charge in [-0.05, 0) is 41.5 Å². The van der Waals surface area contributed by atoms with E-state index in [0.29, 0.717) is 22.7 Å². The van der Waals surface area contributed by atoms with E-state index in [0.717, 1.165) is 16.8 Å². The zero-order valence-electron chi connectivity index (χ0n) is 21.9. The summed E-state index contributed by atoms with van der Waals surface area (Å²) in [5.74, 6) is -0.590. The van der Waals surface area contributed by atoms with E-state index < -0.39 is 28.8 Å². The summed E-state index contributed by atoms with van der Waals surface area (Å²) in [5.41, 5.74) is 1.48. The Balaban J connectivity index is 1.52. The van der Waals surface area contributed by atoms with Crippen molar-refractivity contribution in [3.8, 4) is 11.5 Å². The minimum Gasteiger partial charge on any atom is -0.454 e. The summed E-state index contributed by atoms with van der Waals surface area (Å²) in [6.07, 6.45) is 3.98. The van der Waals surface area contributed by atoms with Crippen molar-refractivity contribution in [2.75, 3.05) is 17.0 Å². The summed E-state index contributed by atoms with van der Waals surface area (Å²) < 4.78 is 11.0. The maximum atomic E-state index is 14.8. The highest BCUT2D eigenvalue weighted by Gasteiger charge is 2.70. The highest BCUT2D eigenvalue weighted by molar-refractivity contribution is 6.17. The van der Waals surface area contributed by atoms with E-state index in [4.69, 9.17) is 9.47 Å². The van der Waals surface area contributed by atoms with Crippen LogP contribution in [-0.2, 0) is 15.0 Å². The van der Waals surface area contributed by atoms with Gasteiger partial charge in [-0.2, -0.15) is 0 Å². The molecule has 39 heavy (non-hydrogen) atoms. The molecule has 0 saturated carbocycles. The summed E-state index contributed by atoms with van der Waals surface area (Å²) >= 11 is 0. The van der Waals surface area contributed by atoms with E-state index in [1.54, 1.807) is 18.2 Å². The molecule has 0 bridgehead atoms. The predicted molar refractivity (Wildman–Crippen MR) is 147 cm³/mol. The molecular weight excluding hydrogens is 492 g/mol. The Labute approximate surface area is 226 Å². The van der Waals surface area contributed by atoms with Crippen molar-refractivity contribution in [2.24, 2.45) is 11.3 Å². The summed E-state index contributed by atoms with van der Waals surface area (Å²) in [6.45, 7) is 5.68. The van der Waals surface area contributed by atoms with E-state index in [-0.39, 0.29) is 24.3 Å². The number of anilines is 2. The first kappa shape index (κ1) is 23.7. The number of rotatable bonds is 3. The Morgan fingerprint density at radius 3 is 2.54 bits per heavy atom. The van der Waals surface area contributed by atoms with Crippen molar-refractivity contribution < 1.29 is 23.9 Å². The maximum absolute atomic E-state index is 14.8. The minimum absolute atomic E-state index is 0.0820. The molecule has 1 amide bonds. The van der Waals surface area contributed by atoms with Crippen LogP contribution < -0.4 is 19.7 Å². The average molecular weight is 521 g/mol. The first-order valence-electron chi connectivity index (χ1n) is 13.2. The maximum Gasteiger partial charge on any atom is 0.238 e. The number of ether oxygens (including phenoxy) is 2. The van der Waals surface area contributed by atoms with E-state index in [2.05, 4.69) is 5.32 Å². The third-order valence-corrected chi connectivity index (χ3v) is 8.49. The number of benzene rings is 3. The fourth-order valence-electron chi connectivity index (χ4n) is 6.79. The number of ketones is 2. The highest BCUT2D eigenvalue weighted by atomic mass is 16.7. The second-order valence-electron chi connectivity index (χ2n) is 11.6. The van der Waals surface area contributed by atoms with Crippen LogP contribution in [0.4, 0.5) is 11.4 Å². The third kappa shape index (κ3) is 3.13. The van der Waals surface area contributed by atoms with E-state index in [1.165, 1.54) is 0 Å². The summed E-state index contributed by atoms with van der Waals surface area (Å²) in [5, 5.41) is 3.06. The van der Waals surface area contributed by atoms with Crippen molar-refractivity contribution in [1.82, 2.24) is 0 Å². The minimum atomic E-state index is -1.32. The van der Waals surface area contributed by atoms with Crippen LogP contribution in [0.5, 0.6) is 11.5 Å². The highest BCUT2D eigenvalue weighted by Crippen LogP contribution is 2.58.